The van der Waals surface area contributed by atoms with E-state index in [1.54, 1.807) is 12.1 Å². The third-order valence-electron chi connectivity index (χ3n) is 5.89. The fourth-order valence-corrected chi connectivity index (χ4v) is 3.91. The molecule has 2 aliphatic heterocycles. The molecule has 0 aliphatic carbocycles. The van der Waals surface area contributed by atoms with E-state index in [4.69, 9.17) is 18.9 Å². The molecule has 1 atom stereocenters. The number of carbonyl (C=O) groups excluding carboxylic acids is 4. The summed E-state index contributed by atoms with van der Waals surface area (Å²) in [4.78, 5) is 49.2. The number of rotatable bonds is 14. The van der Waals surface area contributed by atoms with E-state index in [-0.39, 0.29) is 37.2 Å². The van der Waals surface area contributed by atoms with Gasteiger partial charge in [0.05, 0.1) is 46.1 Å². The Bertz CT molecular complexity index is 1030. The van der Waals surface area contributed by atoms with Gasteiger partial charge in [-0.05, 0) is 36.6 Å². The molecule has 0 radical (unpaired) electrons. The van der Waals surface area contributed by atoms with Crippen molar-refractivity contribution in [3.8, 4) is 11.8 Å². The molecule has 2 aliphatic rings. The van der Waals surface area contributed by atoms with Crippen molar-refractivity contribution >= 4 is 23.7 Å². The second-order valence-electron chi connectivity index (χ2n) is 8.68. The van der Waals surface area contributed by atoms with Crippen LogP contribution >= 0.6 is 0 Å². The van der Waals surface area contributed by atoms with E-state index in [0.717, 1.165) is 24.0 Å². The van der Waals surface area contributed by atoms with Crippen molar-refractivity contribution in [2.45, 2.75) is 51.6 Å². The number of imide groups is 1. The van der Waals surface area contributed by atoms with Gasteiger partial charge in [0.2, 0.25) is 11.8 Å². The number of nitrogens with zero attached hydrogens (tertiary/aromatic N) is 1. The minimum atomic E-state index is -0.631. The molecular formula is C27H34N2O8. The molecule has 10 heteroatoms. The average Bonchev–Trinajstić information content (AvgIpc) is 3.20. The van der Waals surface area contributed by atoms with Crippen molar-refractivity contribution in [2.24, 2.45) is 0 Å². The Morgan fingerprint density at radius 1 is 1.05 bits per heavy atom. The number of ether oxygens (including phenoxy) is 4. The van der Waals surface area contributed by atoms with Gasteiger partial charge in [-0.3, -0.25) is 24.5 Å². The van der Waals surface area contributed by atoms with Crippen molar-refractivity contribution in [2.75, 3.05) is 46.2 Å². The topological polar surface area (TPSA) is 120 Å². The zero-order valence-electron chi connectivity index (χ0n) is 21.2. The lowest BCUT2D eigenvalue weighted by atomic mass is 10.0. The summed E-state index contributed by atoms with van der Waals surface area (Å²) >= 11 is 0. The normalized spacial score (nSPS) is 16.7. The third kappa shape index (κ3) is 8.97. The van der Waals surface area contributed by atoms with Crippen LogP contribution in [0.4, 0.5) is 0 Å². The number of nitrogens with one attached hydrogen (secondary N) is 1. The number of hydrogen-bond acceptors (Lipinski definition) is 8. The summed E-state index contributed by atoms with van der Waals surface area (Å²) in [6, 6.07) is 4.71. The number of amides is 3. The summed E-state index contributed by atoms with van der Waals surface area (Å²) in [5.74, 6) is 4.78. The predicted octanol–water partition coefficient (Wildman–Crippen LogP) is 1.58. The summed E-state index contributed by atoms with van der Waals surface area (Å²) in [5.41, 5.74) is 2.12. The van der Waals surface area contributed by atoms with Crippen molar-refractivity contribution in [1.82, 2.24) is 10.2 Å². The molecule has 3 rings (SSSR count). The Labute approximate surface area is 216 Å². The zero-order valence-corrected chi connectivity index (χ0v) is 21.2. The highest BCUT2D eigenvalue weighted by Crippen LogP contribution is 2.28. The van der Waals surface area contributed by atoms with Crippen molar-refractivity contribution in [1.29, 1.82) is 0 Å². The third-order valence-corrected chi connectivity index (χ3v) is 5.89. The molecule has 3 amide bonds. The fraction of sp³-hybridized carbons (Fsp3) is 0.556. The standard InChI is InChI=1S/C27H34N2O8/c1-2-3-12-37-25(31)10-13-35-15-17-36-16-14-34-11-4-5-20-6-7-22-21(18-20)19-29(27(22)33)23-8-9-24(30)28-26(23)32/h6-7,18,23H,2-3,8-17,19H2,1H3,(H,28,30,32). The molecule has 10 nitrogen and oxygen atoms in total. The van der Waals surface area contributed by atoms with E-state index in [0.29, 0.717) is 58.2 Å². The number of carbonyl (C=O) groups is 4. The summed E-state index contributed by atoms with van der Waals surface area (Å²) in [7, 11) is 0. The average molecular weight is 515 g/mol. The SMILES string of the molecule is CCCCOC(=O)CCOCCOCCOCC#Cc1ccc2c(c1)CN(C1CCC(=O)NC1=O)C2=O. The first-order chi connectivity index (χ1) is 18.0. The first-order valence-corrected chi connectivity index (χ1v) is 12.6. The molecule has 37 heavy (non-hydrogen) atoms. The summed E-state index contributed by atoms with van der Waals surface area (Å²) in [6.07, 6.45) is 2.66. The number of hydrogen-bond donors (Lipinski definition) is 1. The van der Waals surface area contributed by atoms with Gasteiger partial charge >= 0.3 is 5.97 Å². The largest absolute Gasteiger partial charge is 0.466 e. The Morgan fingerprint density at radius 3 is 2.57 bits per heavy atom. The van der Waals surface area contributed by atoms with E-state index in [2.05, 4.69) is 17.2 Å². The van der Waals surface area contributed by atoms with E-state index in [1.165, 1.54) is 4.90 Å². The number of unbranched alkanes of at least 4 members (excludes halogenated alkanes) is 1. The maximum Gasteiger partial charge on any atom is 0.308 e. The van der Waals surface area contributed by atoms with E-state index < -0.39 is 11.9 Å². The Kier molecular flexibility index (Phi) is 11.6. The molecule has 200 valence electrons. The van der Waals surface area contributed by atoms with Crippen LogP contribution in [0.15, 0.2) is 18.2 Å². The number of piperidine rings is 1. The van der Waals surface area contributed by atoms with Gasteiger partial charge in [0.1, 0.15) is 12.6 Å². The van der Waals surface area contributed by atoms with Crippen LogP contribution in [0.2, 0.25) is 0 Å². The van der Waals surface area contributed by atoms with Crippen LogP contribution in [0.25, 0.3) is 0 Å². The molecule has 0 aromatic heterocycles. The number of benzene rings is 1. The lowest BCUT2D eigenvalue weighted by Gasteiger charge is -2.29. The lowest BCUT2D eigenvalue weighted by Crippen LogP contribution is -2.52. The molecule has 1 fully saturated rings. The van der Waals surface area contributed by atoms with E-state index in [9.17, 15) is 19.2 Å². The van der Waals surface area contributed by atoms with Gasteiger partial charge in [0, 0.05) is 24.1 Å². The molecule has 1 N–H and O–H groups in total. The first kappa shape index (κ1) is 28.3. The molecule has 1 aromatic carbocycles. The minimum Gasteiger partial charge on any atom is -0.466 e. The second kappa shape index (κ2) is 15.1. The maximum atomic E-state index is 12.7. The number of esters is 1. The van der Waals surface area contributed by atoms with Crippen LogP contribution < -0.4 is 5.32 Å². The van der Waals surface area contributed by atoms with Gasteiger partial charge in [-0.25, -0.2) is 0 Å². The molecule has 1 unspecified atom stereocenters. The Balaban J connectivity index is 1.27. The summed E-state index contributed by atoms with van der Waals surface area (Å²) in [6.45, 7) is 4.95. The van der Waals surface area contributed by atoms with Crippen LogP contribution in [0.3, 0.4) is 0 Å². The maximum absolute atomic E-state index is 12.7. The summed E-state index contributed by atoms with van der Waals surface area (Å²) in [5, 5.41) is 2.30. The molecule has 0 saturated carbocycles. The molecular weight excluding hydrogens is 480 g/mol. The van der Waals surface area contributed by atoms with Crippen LogP contribution in [-0.2, 0) is 39.9 Å². The van der Waals surface area contributed by atoms with Crippen LogP contribution in [0.5, 0.6) is 0 Å². The van der Waals surface area contributed by atoms with Crippen molar-refractivity contribution < 1.29 is 38.1 Å². The van der Waals surface area contributed by atoms with Gasteiger partial charge in [-0.1, -0.05) is 25.2 Å². The van der Waals surface area contributed by atoms with Crippen LogP contribution in [-0.4, -0.2) is 80.9 Å². The van der Waals surface area contributed by atoms with Crippen molar-refractivity contribution in [3.05, 3.63) is 34.9 Å². The predicted molar refractivity (Wildman–Crippen MR) is 132 cm³/mol. The van der Waals surface area contributed by atoms with Gasteiger partial charge < -0.3 is 23.8 Å². The van der Waals surface area contributed by atoms with E-state index >= 15 is 0 Å². The molecule has 2 heterocycles. The lowest BCUT2D eigenvalue weighted by molar-refractivity contribution is -0.145. The smallest absolute Gasteiger partial charge is 0.308 e. The van der Waals surface area contributed by atoms with Crippen LogP contribution in [0.1, 0.15) is 60.5 Å². The highest BCUT2D eigenvalue weighted by Gasteiger charge is 2.38. The fourth-order valence-electron chi connectivity index (χ4n) is 3.91. The highest BCUT2D eigenvalue weighted by molar-refractivity contribution is 6.05. The minimum absolute atomic E-state index is 0.206. The molecule has 0 bridgehead atoms. The highest BCUT2D eigenvalue weighted by atomic mass is 16.5. The second-order valence-corrected chi connectivity index (χ2v) is 8.68. The van der Waals surface area contributed by atoms with Crippen molar-refractivity contribution in [3.63, 3.8) is 0 Å². The molecule has 1 aromatic rings. The van der Waals surface area contributed by atoms with E-state index in [1.807, 2.05) is 13.0 Å². The quantitative estimate of drug-likeness (QED) is 0.172. The van der Waals surface area contributed by atoms with Gasteiger partial charge in [0.25, 0.3) is 5.91 Å². The molecule has 1 saturated heterocycles. The monoisotopic (exact) mass is 514 g/mol. The zero-order chi connectivity index (χ0) is 26.5. The summed E-state index contributed by atoms with van der Waals surface area (Å²) < 4.78 is 21.3. The van der Waals surface area contributed by atoms with Crippen LogP contribution in [0, 0.1) is 11.8 Å². The number of fused-ring (bicyclic) bond motifs is 1. The Morgan fingerprint density at radius 2 is 1.81 bits per heavy atom. The van der Waals surface area contributed by atoms with Gasteiger partial charge in [0.15, 0.2) is 0 Å². The van der Waals surface area contributed by atoms with Gasteiger partial charge in [-0.2, -0.15) is 0 Å². The molecule has 0 spiro atoms. The Hall–Kier alpha value is -3.26. The van der Waals surface area contributed by atoms with Gasteiger partial charge in [-0.15, -0.1) is 0 Å². The first-order valence-electron chi connectivity index (χ1n) is 12.6.